The lowest BCUT2D eigenvalue weighted by molar-refractivity contribution is -0.139. The van der Waals surface area contributed by atoms with E-state index in [4.69, 9.17) is 4.74 Å². The van der Waals surface area contributed by atoms with Gasteiger partial charge in [0.15, 0.2) is 0 Å². The van der Waals surface area contributed by atoms with Gasteiger partial charge in [-0.15, -0.1) is 0 Å². The first-order valence-electron chi connectivity index (χ1n) is 6.07. The van der Waals surface area contributed by atoms with Crippen LogP contribution < -0.4 is 0 Å². The largest absolute Gasteiger partial charge is 0.462 e. The van der Waals surface area contributed by atoms with Gasteiger partial charge in [0, 0.05) is 5.57 Å². The number of carbonyl (C=O) groups is 1. The van der Waals surface area contributed by atoms with Crippen LogP contribution in [0.5, 0.6) is 0 Å². The highest BCUT2D eigenvalue weighted by atomic mass is 16.5. The summed E-state index contributed by atoms with van der Waals surface area (Å²) in [5.41, 5.74) is 0.625. The molecule has 0 heterocycles. The zero-order valence-electron chi connectivity index (χ0n) is 10.2. The second-order valence-corrected chi connectivity index (χ2v) is 3.90. The van der Waals surface area contributed by atoms with E-state index in [-0.39, 0.29) is 5.97 Å². The third-order valence-corrected chi connectivity index (χ3v) is 2.31. The van der Waals surface area contributed by atoms with Crippen LogP contribution in [0.15, 0.2) is 12.2 Å². The molecule has 0 atom stereocenters. The monoisotopic (exact) mass is 212 g/mol. The van der Waals surface area contributed by atoms with Crippen molar-refractivity contribution < 1.29 is 9.53 Å². The lowest BCUT2D eigenvalue weighted by atomic mass is 10.1. The summed E-state index contributed by atoms with van der Waals surface area (Å²) in [4.78, 5) is 11.3. The molecule has 0 spiro atoms. The number of unbranched alkanes of at least 4 members (excludes halogenated alkanes) is 4. The first-order chi connectivity index (χ1) is 7.22. The van der Waals surface area contributed by atoms with Crippen molar-refractivity contribution >= 4 is 5.97 Å². The quantitative estimate of drug-likeness (QED) is 0.329. The molecule has 0 saturated heterocycles. The van der Waals surface area contributed by atoms with Crippen LogP contribution in [-0.2, 0) is 9.53 Å². The van der Waals surface area contributed by atoms with E-state index in [9.17, 15) is 4.79 Å². The summed E-state index contributed by atoms with van der Waals surface area (Å²) in [6, 6.07) is 0. The van der Waals surface area contributed by atoms with Gasteiger partial charge in [0.2, 0.25) is 0 Å². The molecule has 0 radical (unpaired) electrons. The number of hydrogen-bond acceptors (Lipinski definition) is 2. The summed E-state index contributed by atoms with van der Waals surface area (Å²) >= 11 is 0. The Labute approximate surface area is 93.7 Å². The molecular weight excluding hydrogens is 188 g/mol. The maximum absolute atomic E-state index is 11.3. The van der Waals surface area contributed by atoms with E-state index in [2.05, 4.69) is 13.5 Å². The molecule has 0 amide bonds. The van der Waals surface area contributed by atoms with Gasteiger partial charge in [-0.2, -0.15) is 0 Å². The second-order valence-electron chi connectivity index (χ2n) is 3.90. The average Bonchev–Trinajstić information content (AvgIpc) is 2.25. The van der Waals surface area contributed by atoms with Crippen molar-refractivity contribution in [2.24, 2.45) is 0 Å². The van der Waals surface area contributed by atoms with Crippen LogP contribution in [0.1, 0.15) is 58.8 Å². The van der Waals surface area contributed by atoms with Crippen LogP contribution in [0.2, 0.25) is 0 Å². The number of esters is 1. The topological polar surface area (TPSA) is 26.3 Å². The molecule has 0 aliphatic rings. The van der Waals surface area contributed by atoms with E-state index in [1.807, 2.05) is 6.92 Å². The fourth-order valence-electron chi connectivity index (χ4n) is 1.34. The van der Waals surface area contributed by atoms with Gasteiger partial charge >= 0.3 is 5.97 Å². The Bertz CT molecular complexity index is 185. The minimum absolute atomic E-state index is 0.215. The molecule has 88 valence electrons. The van der Waals surface area contributed by atoms with Gasteiger partial charge in [0.05, 0.1) is 6.61 Å². The smallest absolute Gasteiger partial charge is 0.333 e. The van der Waals surface area contributed by atoms with Crippen molar-refractivity contribution in [2.75, 3.05) is 6.61 Å². The zero-order chi connectivity index (χ0) is 11.5. The molecule has 0 aliphatic carbocycles. The van der Waals surface area contributed by atoms with Crippen LogP contribution in [0.4, 0.5) is 0 Å². The summed E-state index contributed by atoms with van der Waals surface area (Å²) in [5, 5.41) is 0. The number of hydrogen-bond donors (Lipinski definition) is 0. The Balaban J connectivity index is 3.43. The van der Waals surface area contributed by atoms with Crippen molar-refractivity contribution in [1.29, 1.82) is 0 Å². The van der Waals surface area contributed by atoms with Gasteiger partial charge in [0.1, 0.15) is 0 Å². The van der Waals surface area contributed by atoms with Gasteiger partial charge in [0.25, 0.3) is 0 Å². The van der Waals surface area contributed by atoms with Crippen molar-refractivity contribution in [3.8, 4) is 0 Å². The van der Waals surface area contributed by atoms with Gasteiger partial charge in [-0.3, -0.25) is 0 Å². The third kappa shape index (κ3) is 8.22. The van der Waals surface area contributed by atoms with E-state index in [0.717, 1.165) is 19.3 Å². The predicted octanol–water partition coefficient (Wildman–Crippen LogP) is 3.86. The summed E-state index contributed by atoms with van der Waals surface area (Å²) in [6.07, 6.45) is 7.69. The summed E-state index contributed by atoms with van der Waals surface area (Å²) in [5.74, 6) is -0.215. The van der Waals surface area contributed by atoms with Gasteiger partial charge < -0.3 is 4.74 Å². The maximum Gasteiger partial charge on any atom is 0.333 e. The molecule has 0 bridgehead atoms. The highest BCUT2D eigenvalue weighted by Crippen LogP contribution is 2.10. The molecular formula is C13H24O2. The first-order valence-corrected chi connectivity index (χ1v) is 6.07. The molecule has 0 fully saturated rings. The van der Waals surface area contributed by atoms with Crippen LogP contribution >= 0.6 is 0 Å². The Kier molecular flexibility index (Phi) is 9.24. The Morgan fingerprint density at radius 1 is 1.07 bits per heavy atom. The lowest BCUT2D eigenvalue weighted by Crippen LogP contribution is -2.07. The molecule has 2 nitrogen and oxygen atoms in total. The normalized spacial score (nSPS) is 10.0. The number of rotatable bonds is 9. The predicted molar refractivity (Wildman–Crippen MR) is 63.8 cm³/mol. The maximum atomic E-state index is 11.3. The zero-order valence-corrected chi connectivity index (χ0v) is 10.2. The summed E-state index contributed by atoms with van der Waals surface area (Å²) in [6.45, 7) is 8.44. The SMILES string of the molecule is C=C(CCCCCCC)C(=O)OCCC. The highest BCUT2D eigenvalue weighted by Gasteiger charge is 2.06. The van der Waals surface area contributed by atoms with Gasteiger partial charge in [-0.05, 0) is 19.3 Å². The van der Waals surface area contributed by atoms with Gasteiger partial charge in [-0.1, -0.05) is 46.1 Å². The van der Waals surface area contributed by atoms with E-state index >= 15 is 0 Å². The standard InChI is InChI=1S/C13H24O2/c1-4-6-7-8-9-10-12(3)13(14)15-11-5-2/h3-11H2,1-2H3. The molecule has 15 heavy (non-hydrogen) atoms. The fourth-order valence-corrected chi connectivity index (χ4v) is 1.34. The van der Waals surface area contributed by atoms with E-state index < -0.39 is 0 Å². The van der Waals surface area contributed by atoms with Crippen molar-refractivity contribution in [2.45, 2.75) is 58.8 Å². The number of ether oxygens (including phenoxy) is 1. The Hall–Kier alpha value is -0.790. The van der Waals surface area contributed by atoms with Crippen LogP contribution in [-0.4, -0.2) is 12.6 Å². The second kappa shape index (κ2) is 9.75. The van der Waals surface area contributed by atoms with Crippen molar-refractivity contribution in [3.05, 3.63) is 12.2 Å². The van der Waals surface area contributed by atoms with E-state index in [1.165, 1.54) is 25.7 Å². The average molecular weight is 212 g/mol. The van der Waals surface area contributed by atoms with E-state index in [1.54, 1.807) is 0 Å². The molecule has 0 aromatic heterocycles. The fraction of sp³-hybridized carbons (Fsp3) is 0.769. The van der Waals surface area contributed by atoms with Gasteiger partial charge in [-0.25, -0.2) is 4.79 Å². The Morgan fingerprint density at radius 2 is 1.73 bits per heavy atom. The van der Waals surface area contributed by atoms with E-state index in [0.29, 0.717) is 12.2 Å². The molecule has 0 rings (SSSR count). The molecule has 0 saturated carbocycles. The minimum Gasteiger partial charge on any atom is -0.462 e. The summed E-state index contributed by atoms with van der Waals surface area (Å²) in [7, 11) is 0. The minimum atomic E-state index is -0.215. The lowest BCUT2D eigenvalue weighted by Gasteiger charge is -2.05. The molecule has 0 aromatic carbocycles. The molecule has 2 heteroatoms. The molecule has 0 aliphatic heterocycles. The number of carbonyl (C=O) groups excluding carboxylic acids is 1. The molecule has 0 aromatic rings. The Morgan fingerprint density at radius 3 is 2.33 bits per heavy atom. The van der Waals surface area contributed by atoms with Crippen LogP contribution in [0.3, 0.4) is 0 Å². The molecule has 0 unspecified atom stereocenters. The molecule has 0 N–H and O–H groups in total. The first kappa shape index (κ1) is 14.2. The van der Waals surface area contributed by atoms with Crippen LogP contribution in [0, 0.1) is 0 Å². The highest BCUT2D eigenvalue weighted by molar-refractivity contribution is 5.87. The summed E-state index contributed by atoms with van der Waals surface area (Å²) < 4.78 is 4.99. The van der Waals surface area contributed by atoms with Crippen molar-refractivity contribution in [3.63, 3.8) is 0 Å². The third-order valence-electron chi connectivity index (χ3n) is 2.31. The van der Waals surface area contributed by atoms with Crippen molar-refractivity contribution in [1.82, 2.24) is 0 Å². The van der Waals surface area contributed by atoms with Crippen LogP contribution in [0.25, 0.3) is 0 Å².